The Hall–Kier alpha value is -2.05. The Morgan fingerprint density at radius 2 is 2.21 bits per heavy atom. The number of carbonyl (C=O) groups excluding carboxylic acids is 1. The second kappa shape index (κ2) is 7.40. The number of carboxylic acids is 1. The van der Waals surface area contributed by atoms with Crippen LogP contribution in [0.2, 0.25) is 0 Å². The molecule has 1 unspecified atom stereocenters. The van der Waals surface area contributed by atoms with Crippen molar-refractivity contribution in [3.63, 3.8) is 0 Å². The lowest BCUT2D eigenvalue weighted by Crippen LogP contribution is -2.43. The fraction of sp³-hybridized carbons (Fsp3) is 0.583. The van der Waals surface area contributed by atoms with Gasteiger partial charge in [0, 0.05) is 18.8 Å². The molecule has 1 aromatic rings. The van der Waals surface area contributed by atoms with Crippen LogP contribution in [0.25, 0.3) is 0 Å². The van der Waals surface area contributed by atoms with Crippen molar-refractivity contribution in [3.05, 3.63) is 12.3 Å². The summed E-state index contributed by atoms with van der Waals surface area (Å²) in [5, 5.41) is 18.0. The molecule has 0 saturated carbocycles. The fourth-order valence-corrected chi connectivity index (χ4v) is 1.58. The van der Waals surface area contributed by atoms with Gasteiger partial charge in [-0.2, -0.15) is 5.10 Å². The van der Waals surface area contributed by atoms with Crippen molar-refractivity contribution < 1.29 is 14.7 Å². The van der Waals surface area contributed by atoms with Gasteiger partial charge in [0.05, 0.1) is 0 Å². The number of aryl methyl sites for hydroxylation is 1. The Morgan fingerprint density at radius 3 is 2.74 bits per heavy atom. The van der Waals surface area contributed by atoms with Gasteiger partial charge >= 0.3 is 12.0 Å². The van der Waals surface area contributed by atoms with E-state index in [1.807, 2.05) is 13.8 Å². The number of anilines is 1. The third kappa shape index (κ3) is 4.99. The predicted octanol–water partition coefficient (Wildman–Crippen LogP) is 1.67. The number of rotatable bonds is 7. The molecule has 1 heterocycles. The van der Waals surface area contributed by atoms with E-state index in [4.69, 9.17) is 5.11 Å². The normalized spacial score (nSPS) is 11.9. The molecule has 0 aromatic carbocycles. The summed E-state index contributed by atoms with van der Waals surface area (Å²) >= 11 is 0. The van der Waals surface area contributed by atoms with Crippen molar-refractivity contribution in [2.75, 3.05) is 5.32 Å². The van der Waals surface area contributed by atoms with E-state index < -0.39 is 18.0 Å². The summed E-state index contributed by atoms with van der Waals surface area (Å²) in [6, 6.07) is 0.239. The van der Waals surface area contributed by atoms with Crippen molar-refractivity contribution in [2.45, 2.75) is 45.7 Å². The van der Waals surface area contributed by atoms with Gasteiger partial charge in [-0.05, 0) is 13.3 Å². The molecule has 1 aromatic heterocycles. The zero-order valence-electron chi connectivity index (χ0n) is 11.2. The molecule has 7 heteroatoms. The number of carboxylic acid groups (broad SMARTS) is 1. The van der Waals surface area contributed by atoms with Crippen LogP contribution in [-0.4, -0.2) is 32.9 Å². The summed E-state index contributed by atoms with van der Waals surface area (Å²) in [5.74, 6) is -0.623. The quantitative estimate of drug-likeness (QED) is 0.700. The minimum Gasteiger partial charge on any atom is -0.480 e. The molecule has 0 aliphatic carbocycles. The van der Waals surface area contributed by atoms with Crippen molar-refractivity contribution in [1.82, 2.24) is 15.1 Å². The van der Waals surface area contributed by atoms with Gasteiger partial charge in [0.25, 0.3) is 0 Å². The van der Waals surface area contributed by atoms with Crippen LogP contribution in [0.1, 0.15) is 33.1 Å². The molecule has 0 radical (unpaired) electrons. The highest BCUT2D eigenvalue weighted by atomic mass is 16.4. The number of unbranched alkanes of at least 4 members (excludes halogenated alkanes) is 1. The van der Waals surface area contributed by atoms with E-state index in [0.717, 1.165) is 12.8 Å². The second-order valence-electron chi connectivity index (χ2n) is 4.19. The summed E-state index contributed by atoms with van der Waals surface area (Å²) < 4.78 is 1.67. The lowest BCUT2D eigenvalue weighted by molar-refractivity contribution is -0.139. The number of nitrogens with one attached hydrogen (secondary N) is 2. The zero-order valence-corrected chi connectivity index (χ0v) is 11.2. The van der Waals surface area contributed by atoms with Gasteiger partial charge in [-0.1, -0.05) is 19.8 Å². The topological polar surface area (TPSA) is 96.3 Å². The molecule has 0 saturated heterocycles. The number of nitrogens with zero attached hydrogens (tertiary/aromatic N) is 2. The maximum absolute atomic E-state index is 11.7. The fourth-order valence-electron chi connectivity index (χ4n) is 1.58. The number of urea groups is 1. The highest BCUT2D eigenvalue weighted by molar-refractivity contribution is 5.91. The van der Waals surface area contributed by atoms with Crippen LogP contribution in [0.5, 0.6) is 0 Å². The smallest absolute Gasteiger partial charge is 0.326 e. The van der Waals surface area contributed by atoms with E-state index >= 15 is 0 Å². The molecular weight excluding hydrogens is 248 g/mol. The lowest BCUT2D eigenvalue weighted by atomic mass is 10.1. The Labute approximate surface area is 112 Å². The van der Waals surface area contributed by atoms with E-state index in [1.54, 1.807) is 16.9 Å². The first-order chi connectivity index (χ1) is 9.06. The van der Waals surface area contributed by atoms with Crippen LogP contribution in [0.4, 0.5) is 10.6 Å². The van der Waals surface area contributed by atoms with Crippen molar-refractivity contribution in [1.29, 1.82) is 0 Å². The van der Waals surface area contributed by atoms with Crippen LogP contribution in [0.3, 0.4) is 0 Å². The third-order valence-electron chi connectivity index (χ3n) is 2.66. The van der Waals surface area contributed by atoms with Gasteiger partial charge in [-0.25, -0.2) is 9.59 Å². The molecule has 7 nitrogen and oxygen atoms in total. The first kappa shape index (κ1) is 15.0. The monoisotopic (exact) mass is 268 g/mol. The first-order valence-corrected chi connectivity index (χ1v) is 6.40. The summed E-state index contributed by atoms with van der Waals surface area (Å²) in [6.07, 6.45) is 3.79. The molecule has 0 aliphatic rings. The van der Waals surface area contributed by atoms with E-state index in [1.165, 1.54) is 0 Å². The van der Waals surface area contributed by atoms with Gasteiger partial charge in [0.2, 0.25) is 0 Å². The van der Waals surface area contributed by atoms with Gasteiger partial charge in [0.1, 0.15) is 6.04 Å². The number of hydrogen-bond acceptors (Lipinski definition) is 3. The summed E-state index contributed by atoms with van der Waals surface area (Å²) in [4.78, 5) is 22.6. The minimum absolute atomic E-state index is 0.402. The average Bonchev–Trinajstić information content (AvgIpc) is 2.81. The standard InChI is InChI=1S/C12H20N4O3/c1-3-5-6-9(11(17)18)13-12(19)14-10-7-8-16(4-2)15-10/h7-9H,3-6H2,1-2H3,(H,17,18)(H2,13,14,15,19). The van der Waals surface area contributed by atoms with Gasteiger partial charge in [0.15, 0.2) is 5.82 Å². The third-order valence-corrected chi connectivity index (χ3v) is 2.66. The molecular formula is C12H20N4O3. The van der Waals surface area contributed by atoms with Crippen LogP contribution >= 0.6 is 0 Å². The summed E-state index contributed by atoms with van der Waals surface area (Å²) in [5.41, 5.74) is 0. The average molecular weight is 268 g/mol. The highest BCUT2D eigenvalue weighted by Gasteiger charge is 2.19. The number of amides is 2. The molecule has 106 valence electrons. The van der Waals surface area contributed by atoms with Crippen LogP contribution in [-0.2, 0) is 11.3 Å². The number of carbonyl (C=O) groups is 2. The molecule has 0 aliphatic heterocycles. The van der Waals surface area contributed by atoms with Crippen molar-refractivity contribution in [2.24, 2.45) is 0 Å². The lowest BCUT2D eigenvalue weighted by Gasteiger charge is -2.13. The van der Waals surface area contributed by atoms with Crippen molar-refractivity contribution >= 4 is 17.8 Å². The molecule has 1 atom stereocenters. The van der Waals surface area contributed by atoms with E-state index in [9.17, 15) is 9.59 Å². The van der Waals surface area contributed by atoms with E-state index in [2.05, 4.69) is 15.7 Å². The Morgan fingerprint density at radius 1 is 1.47 bits per heavy atom. The molecule has 1 rings (SSSR count). The summed E-state index contributed by atoms with van der Waals surface area (Å²) in [7, 11) is 0. The van der Waals surface area contributed by atoms with Crippen LogP contribution < -0.4 is 10.6 Å². The van der Waals surface area contributed by atoms with Crippen molar-refractivity contribution in [3.8, 4) is 0 Å². The van der Waals surface area contributed by atoms with Gasteiger partial charge in [-0.3, -0.25) is 10.00 Å². The largest absolute Gasteiger partial charge is 0.480 e. The first-order valence-electron chi connectivity index (χ1n) is 6.40. The minimum atomic E-state index is -1.03. The zero-order chi connectivity index (χ0) is 14.3. The second-order valence-corrected chi connectivity index (χ2v) is 4.19. The maximum Gasteiger partial charge on any atom is 0.326 e. The Bertz CT molecular complexity index is 430. The van der Waals surface area contributed by atoms with Crippen LogP contribution in [0, 0.1) is 0 Å². The molecule has 3 N–H and O–H groups in total. The van der Waals surface area contributed by atoms with E-state index in [-0.39, 0.29) is 0 Å². The number of aromatic nitrogens is 2. The van der Waals surface area contributed by atoms with E-state index in [0.29, 0.717) is 18.8 Å². The number of hydrogen-bond donors (Lipinski definition) is 3. The molecule has 0 fully saturated rings. The SMILES string of the molecule is CCCCC(NC(=O)Nc1ccn(CC)n1)C(=O)O. The van der Waals surface area contributed by atoms with Crippen LogP contribution in [0.15, 0.2) is 12.3 Å². The molecule has 2 amide bonds. The Kier molecular flexibility index (Phi) is 5.84. The van der Waals surface area contributed by atoms with Gasteiger partial charge < -0.3 is 10.4 Å². The molecule has 0 bridgehead atoms. The predicted molar refractivity (Wildman–Crippen MR) is 71.0 cm³/mol. The number of aliphatic carboxylic acids is 1. The maximum atomic E-state index is 11.7. The summed E-state index contributed by atoms with van der Waals surface area (Å²) in [6.45, 7) is 4.61. The highest BCUT2D eigenvalue weighted by Crippen LogP contribution is 2.04. The molecule has 19 heavy (non-hydrogen) atoms. The Balaban J connectivity index is 2.49. The van der Waals surface area contributed by atoms with Gasteiger partial charge in [-0.15, -0.1) is 0 Å². The molecule has 0 spiro atoms.